The standard InChI is InChI=1S/C16H26N4O2S.HI/c1-4-17-16(19-11-14-18-10-12(3)23-14)20-8-6-13(7-9-20)15(21)22-5-2;/h10,13H,4-9,11H2,1-3H3,(H,17,19);1H. The minimum atomic E-state index is -0.0626. The number of piperidine rings is 1. The van der Waals surface area contributed by atoms with Gasteiger partial charge in [-0.15, -0.1) is 35.3 Å². The van der Waals surface area contributed by atoms with Crippen LogP contribution in [0.1, 0.15) is 36.6 Å². The summed E-state index contributed by atoms with van der Waals surface area (Å²) >= 11 is 1.68. The molecule has 8 heteroatoms. The highest BCUT2D eigenvalue weighted by Crippen LogP contribution is 2.19. The van der Waals surface area contributed by atoms with Crippen LogP contribution in [0.2, 0.25) is 0 Å². The molecule has 2 heterocycles. The summed E-state index contributed by atoms with van der Waals surface area (Å²) in [6.07, 6.45) is 3.52. The number of aliphatic imine (C=N–C) groups is 1. The Labute approximate surface area is 165 Å². The van der Waals surface area contributed by atoms with Crippen LogP contribution in [0.5, 0.6) is 0 Å². The molecule has 1 N–H and O–H groups in total. The van der Waals surface area contributed by atoms with E-state index >= 15 is 0 Å². The van der Waals surface area contributed by atoms with Gasteiger partial charge >= 0.3 is 5.97 Å². The Balaban J connectivity index is 0.00000288. The molecule has 0 aromatic carbocycles. The largest absolute Gasteiger partial charge is 0.466 e. The first-order valence-corrected chi connectivity index (χ1v) is 9.06. The fourth-order valence-corrected chi connectivity index (χ4v) is 3.34. The second kappa shape index (κ2) is 10.9. The highest BCUT2D eigenvalue weighted by Gasteiger charge is 2.27. The lowest BCUT2D eigenvalue weighted by Gasteiger charge is -2.33. The van der Waals surface area contributed by atoms with Crippen molar-refractivity contribution in [1.82, 2.24) is 15.2 Å². The van der Waals surface area contributed by atoms with Gasteiger partial charge in [0.15, 0.2) is 5.96 Å². The SMILES string of the molecule is CCNC(=NCc1ncc(C)s1)N1CCC(C(=O)OCC)CC1.I. The summed E-state index contributed by atoms with van der Waals surface area (Å²) in [5.74, 6) is 0.866. The summed E-state index contributed by atoms with van der Waals surface area (Å²) in [6, 6.07) is 0. The molecule has 1 aliphatic heterocycles. The summed E-state index contributed by atoms with van der Waals surface area (Å²) in [6.45, 7) is 9.49. The Morgan fingerprint density at radius 1 is 1.46 bits per heavy atom. The number of aryl methyl sites for hydroxylation is 1. The highest BCUT2D eigenvalue weighted by atomic mass is 127. The number of esters is 1. The van der Waals surface area contributed by atoms with Gasteiger partial charge in [0, 0.05) is 30.7 Å². The molecule has 0 saturated carbocycles. The van der Waals surface area contributed by atoms with E-state index in [2.05, 4.69) is 29.0 Å². The maximum Gasteiger partial charge on any atom is 0.309 e. The second-order valence-electron chi connectivity index (χ2n) is 5.55. The van der Waals surface area contributed by atoms with Crippen molar-refractivity contribution in [2.45, 2.75) is 40.2 Å². The number of carbonyl (C=O) groups is 1. The average molecular weight is 466 g/mol. The number of guanidine groups is 1. The van der Waals surface area contributed by atoms with Gasteiger partial charge in [0.25, 0.3) is 0 Å². The lowest BCUT2D eigenvalue weighted by atomic mass is 9.97. The van der Waals surface area contributed by atoms with E-state index in [9.17, 15) is 4.79 Å². The minimum absolute atomic E-state index is 0. The monoisotopic (exact) mass is 466 g/mol. The van der Waals surface area contributed by atoms with E-state index in [0.29, 0.717) is 13.2 Å². The van der Waals surface area contributed by atoms with Gasteiger partial charge in [0.05, 0.1) is 19.1 Å². The van der Waals surface area contributed by atoms with Gasteiger partial charge in [-0.2, -0.15) is 0 Å². The van der Waals surface area contributed by atoms with E-state index < -0.39 is 0 Å². The van der Waals surface area contributed by atoms with Crippen molar-refractivity contribution in [2.24, 2.45) is 10.9 Å². The molecule has 24 heavy (non-hydrogen) atoms. The van der Waals surface area contributed by atoms with Crippen molar-refractivity contribution in [1.29, 1.82) is 0 Å². The minimum Gasteiger partial charge on any atom is -0.466 e. The Morgan fingerprint density at radius 2 is 2.17 bits per heavy atom. The smallest absolute Gasteiger partial charge is 0.309 e. The molecule has 0 amide bonds. The van der Waals surface area contributed by atoms with Crippen molar-refractivity contribution in [3.63, 3.8) is 0 Å². The molecule has 1 saturated heterocycles. The summed E-state index contributed by atoms with van der Waals surface area (Å²) in [5.41, 5.74) is 0. The topological polar surface area (TPSA) is 66.8 Å². The van der Waals surface area contributed by atoms with Gasteiger partial charge in [0.2, 0.25) is 0 Å². The number of ether oxygens (including phenoxy) is 1. The number of nitrogens with zero attached hydrogens (tertiary/aromatic N) is 3. The van der Waals surface area contributed by atoms with Crippen molar-refractivity contribution < 1.29 is 9.53 Å². The maximum atomic E-state index is 11.8. The molecular formula is C16H27IN4O2S. The van der Waals surface area contributed by atoms with Gasteiger partial charge in [-0.05, 0) is 33.6 Å². The molecule has 0 unspecified atom stereocenters. The van der Waals surface area contributed by atoms with Crippen molar-refractivity contribution >= 4 is 47.2 Å². The summed E-state index contributed by atoms with van der Waals surface area (Å²) in [7, 11) is 0. The van der Waals surface area contributed by atoms with Crippen LogP contribution < -0.4 is 5.32 Å². The Bertz CT molecular complexity index is 542. The number of carbonyl (C=O) groups excluding carboxylic acids is 1. The maximum absolute atomic E-state index is 11.8. The number of thiazole rings is 1. The molecule has 136 valence electrons. The predicted molar refractivity (Wildman–Crippen MR) is 108 cm³/mol. The number of rotatable bonds is 5. The summed E-state index contributed by atoms with van der Waals surface area (Å²) < 4.78 is 5.12. The third-order valence-electron chi connectivity index (χ3n) is 3.78. The molecule has 1 aliphatic rings. The van der Waals surface area contributed by atoms with Crippen LogP contribution in [0.25, 0.3) is 0 Å². The molecule has 1 aromatic heterocycles. The van der Waals surface area contributed by atoms with Crippen LogP contribution in [0.4, 0.5) is 0 Å². The fraction of sp³-hybridized carbons (Fsp3) is 0.688. The third-order valence-corrected chi connectivity index (χ3v) is 4.68. The average Bonchev–Trinajstić information content (AvgIpc) is 2.97. The molecule has 0 atom stereocenters. The zero-order valence-corrected chi connectivity index (χ0v) is 17.7. The second-order valence-corrected chi connectivity index (χ2v) is 6.87. The molecule has 1 fully saturated rings. The molecule has 0 aliphatic carbocycles. The molecule has 6 nitrogen and oxygen atoms in total. The first kappa shape index (κ1) is 21.1. The summed E-state index contributed by atoms with van der Waals surface area (Å²) in [4.78, 5) is 24.3. The lowest BCUT2D eigenvalue weighted by molar-refractivity contribution is -0.149. The number of nitrogens with one attached hydrogen (secondary N) is 1. The van der Waals surface area contributed by atoms with Crippen molar-refractivity contribution in [2.75, 3.05) is 26.2 Å². The molecule has 0 radical (unpaired) electrons. The van der Waals surface area contributed by atoms with E-state index in [1.54, 1.807) is 11.3 Å². The van der Waals surface area contributed by atoms with Crippen molar-refractivity contribution in [3.8, 4) is 0 Å². The molecule has 0 bridgehead atoms. The van der Waals surface area contributed by atoms with Crippen LogP contribution in [0.15, 0.2) is 11.2 Å². The van der Waals surface area contributed by atoms with Crippen LogP contribution >= 0.6 is 35.3 Å². The van der Waals surface area contributed by atoms with Gasteiger partial charge in [0.1, 0.15) is 5.01 Å². The Kier molecular flexibility index (Phi) is 9.57. The predicted octanol–water partition coefficient (Wildman–Crippen LogP) is 2.81. The molecule has 0 spiro atoms. The van der Waals surface area contributed by atoms with E-state index in [1.165, 1.54) is 4.88 Å². The summed E-state index contributed by atoms with van der Waals surface area (Å²) in [5, 5.41) is 4.36. The zero-order chi connectivity index (χ0) is 16.7. The Morgan fingerprint density at radius 3 is 2.71 bits per heavy atom. The van der Waals surface area contributed by atoms with E-state index in [4.69, 9.17) is 9.73 Å². The zero-order valence-electron chi connectivity index (χ0n) is 14.6. The van der Waals surface area contributed by atoms with Crippen LogP contribution in [0, 0.1) is 12.8 Å². The Hall–Kier alpha value is -0.900. The van der Waals surface area contributed by atoms with Gasteiger partial charge in [-0.3, -0.25) is 4.79 Å². The molecule has 2 rings (SSSR count). The van der Waals surface area contributed by atoms with Crippen molar-refractivity contribution in [3.05, 3.63) is 16.1 Å². The number of halogens is 1. The first-order chi connectivity index (χ1) is 11.1. The number of likely N-dealkylation sites (tertiary alicyclic amines) is 1. The lowest BCUT2D eigenvalue weighted by Crippen LogP contribution is -2.46. The number of hydrogen-bond acceptors (Lipinski definition) is 5. The van der Waals surface area contributed by atoms with Crippen LogP contribution in [-0.4, -0.2) is 48.1 Å². The quantitative estimate of drug-likeness (QED) is 0.313. The van der Waals surface area contributed by atoms with Gasteiger partial charge in [-0.1, -0.05) is 0 Å². The molecular weight excluding hydrogens is 439 g/mol. The van der Waals surface area contributed by atoms with E-state index in [0.717, 1.165) is 43.4 Å². The molecule has 1 aromatic rings. The fourth-order valence-electron chi connectivity index (χ4n) is 2.63. The van der Waals surface area contributed by atoms with Gasteiger partial charge in [-0.25, -0.2) is 9.98 Å². The van der Waals surface area contributed by atoms with Crippen LogP contribution in [0.3, 0.4) is 0 Å². The number of hydrogen-bond donors (Lipinski definition) is 1. The first-order valence-electron chi connectivity index (χ1n) is 8.25. The van der Waals surface area contributed by atoms with Gasteiger partial charge < -0.3 is 15.0 Å². The van der Waals surface area contributed by atoms with Crippen LogP contribution in [-0.2, 0) is 16.1 Å². The third kappa shape index (κ3) is 6.19. The van der Waals surface area contributed by atoms with E-state index in [1.807, 2.05) is 13.1 Å². The highest BCUT2D eigenvalue weighted by molar-refractivity contribution is 14.0. The number of aromatic nitrogens is 1. The normalized spacial score (nSPS) is 15.8. The van der Waals surface area contributed by atoms with E-state index in [-0.39, 0.29) is 35.9 Å².